The minimum Gasteiger partial charge on any atom is -0.359 e. The van der Waals surface area contributed by atoms with Gasteiger partial charge in [-0.15, -0.1) is 0 Å². The number of fused-ring (bicyclic) bond motifs is 1. The fraction of sp³-hybridized carbons (Fsp3) is 0. The van der Waals surface area contributed by atoms with Crippen molar-refractivity contribution in [3.05, 3.63) is 40.9 Å². The van der Waals surface area contributed by atoms with E-state index in [0.717, 1.165) is 0 Å². The van der Waals surface area contributed by atoms with Crippen molar-refractivity contribution < 1.29 is 8.42 Å². The second-order valence-electron chi connectivity index (χ2n) is 4.16. The maximum Gasteiger partial charge on any atom is 0.263 e. The minimum absolute atomic E-state index is 0.0148. The fourth-order valence-electron chi connectivity index (χ4n) is 2.04. The van der Waals surface area contributed by atoms with Crippen molar-refractivity contribution in [1.82, 2.24) is 15.0 Å². The van der Waals surface area contributed by atoms with Gasteiger partial charge in [0.15, 0.2) is 0 Å². The number of hydrogen-bond acceptors (Lipinski definition) is 4. The summed E-state index contributed by atoms with van der Waals surface area (Å²) < 4.78 is 23.1. The maximum atomic E-state index is 11.6. The van der Waals surface area contributed by atoms with E-state index in [9.17, 15) is 8.42 Å². The zero-order valence-electron chi connectivity index (χ0n) is 10.1. The van der Waals surface area contributed by atoms with E-state index in [0.29, 0.717) is 27.2 Å². The zero-order chi connectivity index (χ0) is 15.2. The summed E-state index contributed by atoms with van der Waals surface area (Å²) in [7, 11) is 1.55. The topological polar surface area (TPSA) is 75.7 Å². The van der Waals surface area contributed by atoms with Gasteiger partial charge in [-0.1, -0.05) is 23.2 Å². The average Bonchev–Trinajstić information content (AvgIpc) is 2.84. The van der Waals surface area contributed by atoms with E-state index in [-0.39, 0.29) is 10.0 Å². The largest absolute Gasteiger partial charge is 0.359 e. The molecule has 0 bridgehead atoms. The third kappa shape index (κ3) is 2.60. The highest BCUT2D eigenvalue weighted by Gasteiger charge is 2.20. The van der Waals surface area contributed by atoms with Crippen LogP contribution in [0.1, 0.15) is 0 Å². The molecule has 0 spiro atoms. The number of nitrogens with zero attached hydrogens (tertiary/aromatic N) is 2. The molecule has 0 unspecified atom stereocenters. The van der Waals surface area contributed by atoms with E-state index in [1.807, 2.05) is 0 Å². The Morgan fingerprint density at radius 1 is 1.10 bits per heavy atom. The van der Waals surface area contributed by atoms with Crippen LogP contribution in [0.3, 0.4) is 0 Å². The molecule has 3 rings (SSSR count). The van der Waals surface area contributed by atoms with Gasteiger partial charge in [0.2, 0.25) is 0 Å². The molecule has 9 heteroatoms. The van der Waals surface area contributed by atoms with Gasteiger partial charge in [-0.05, 0) is 12.1 Å². The molecule has 3 aromatic rings. The summed E-state index contributed by atoms with van der Waals surface area (Å²) in [6.45, 7) is 0. The first-order chi connectivity index (χ1) is 9.88. The molecule has 0 saturated carbocycles. The van der Waals surface area contributed by atoms with Crippen molar-refractivity contribution in [3.63, 3.8) is 0 Å². The van der Waals surface area contributed by atoms with Crippen LogP contribution in [-0.2, 0) is 9.05 Å². The normalized spacial score (nSPS) is 12.0. The molecule has 1 N–H and O–H groups in total. The van der Waals surface area contributed by atoms with Crippen molar-refractivity contribution in [3.8, 4) is 11.3 Å². The number of halogens is 3. The van der Waals surface area contributed by atoms with Crippen LogP contribution in [0.4, 0.5) is 0 Å². The zero-order valence-corrected chi connectivity index (χ0v) is 13.2. The quantitative estimate of drug-likeness (QED) is 0.702. The van der Waals surface area contributed by atoms with Gasteiger partial charge in [-0.25, -0.2) is 13.4 Å². The number of nitrogens with one attached hydrogen (secondary N) is 1. The monoisotopic (exact) mass is 361 g/mol. The summed E-state index contributed by atoms with van der Waals surface area (Å²) in [4.78, 5) is 10.9. The Morgan fingerprint density at radius 2 is 1.86 bits per heavy atom. The number of H-pyrrole nitrogens is 1. The number of aromatic amines is 1. The lowest BCUT2D eigenvalue weighted by atomic mass is 10.1. The molecule has 0 fully saturated rings. The molecule has 108 valence electrons. The molecule has 0 aliphatic rings. The van der Waals surface area contributed by atoms with Crippen LogP contribution < -0.4 is 0 Å². The highest BCUT2D eigenvalue weighted by molar-refractivity contribution is 8.14. The second-order valence-corrected chi connectivity index (χ2v) is 7.49. The third-order valence-electron chi connectivity index (χ3n) is 2.91. The van der Waals surface area contributed by atoms with Crippen LogP contribution in [0.25, 0.3) is 22.2 Å². The van der Waals surface area contributed by atoms with Gasteiger partial charge in [0.05, 0.1) is 28.6 Å². The smallest absolute Gasteiger partial charge is 0.263 e. The molecular formula is C12H6Cl3N3O2S. The summed E-state index contributed by atoms with van der Waals surface area (Å²) in [6, 6.07) is 3.16. The highest BCUT2D eigenvalue weighted by atomic mass is 35.7. The molecular weight excluding hydrogens is 357 g/mol. The van der Waals surface area contributed by atoms with Gasteiger partial charge in [-0.2, -0.15) is 0 Å². The molecule has 0 aliphatic carbocycles. The molecule has 0 amide bonds. The van der Waals surface area contributed by atoms with Gasteiger partial charge in [-0.3, -0.25) is 4.98 Å². The van der Waals surface area contributed by atoms with Crippen LogP contribution in [0.5, 0.6) is 0 Å². The van der Waals surface area contributed by atoms with E-state index < -0.39 is 9.05 Å². The lowest BCUT2D eigenvalue weighted by Crippen LogP contribution is -1.90. The van der Waals surface area contributed by atoms with Crippen molar-refractivity contribution in [2.24, 2.45) is 0 Å². The summed E-state index contributed by atoms with van der Waals surface area (Å²) >= 11 is 11.9. The van der Waals surface area contributed by atoms with E-state index in [2.05, 4.69) is 15.0 Å². The van der Waals surface area contributed by atoms with Crippen LogP contribution in [-0.4, -0.2) is 23.4 Å². The Hall–Kier alpha value is -1.34. The van der Waals surface area contributed by atoms with Crippen molar-refractivity contribution in [2.45, 2.75) is 4.90 Å². The number of rotatable bonds is 2. The summed E-state index contributed by atoms with van der Waals surface area (Å²) in [6.07, 6.45) is 4.16. The first kappa shape index (κ1) is 14.6. The van der Waals surface area contributed by atoms with Crippen LogP contribution in [0.15, 0.2) is 35.6 Å². The van der Waals surface area contributed by atoms with Gasteiger partial charge in [0.1, 0.15) is 10.0 Å². The Kier molecular flexibility index (Phi) is 3.57. The van der Waals surface area contributed by atoms with Gasteiger partial charge >= 0.3 is 0 Å². The van der Waals surface area contributed by atoms with Crippen molar-refractivity contribution >= 4 is 53.8 Å². The van der Waals surface area contributed by atoms with Gasteiger partial charge < -0.3 is 4.98 Å². The van der Waals surface area contributed by atoms with Crippen molar-refractivity contribution in [1.29, 1.82) is 0 Å². The van der Waals surface area contributed by atoms with Crippen LogP contribution in [0, 0.1) is 0 Å². The molecule has 1 aromatic carbocycles. The van der Waals surface area contributed by atoms with E-state index in [1.54, 1.807) is 12.1 Å². The third-order valence-corrected chi connectivity index (χ3v) is 4.78. The Bertz CT molecular complexity index is 936. The molecule has 0 aliphatic heterocycles. The van der Waals surface area contributed by atoms with E-state index >= 15 is 0 Å². The lowest BCUT2D eigenvalue weighted by Gasteiger charge is -2.05. The molecule has 0 atom stereocenters. The SMILES string of the molecule is O=S(=O)(Cl)c1c[nH]c2c(-c3cnc(Cl)cn3)c(Cl)ccc12. The minimum atomic E-state index is -3.86. The Balaban J connectivity index is 2.35. The average molecular weight is 363 g/mol. The molecule has 2 heterocycles. The molecule has 0 radical (unpaired) electrons. The molecule has 21 heavy (non-hydrogen) atoms. The highest BCUT2D eigenvalue weighted by Crippen LogP contribution is 2.36. The number of hydrogen-bond donors (Lipinski definition) is 1. The molecule has 5 nitrogen and oxygen atoms in total. The van der Waals surface area contributed by atoms with E-state index in [1.165, 1.54) is 18.6 Å². The van der Waals surface area contributed by atoms with Gasteiger partial charge in [0.25, 0.3) is 9.05 Å². The summed E-state index contributed by atoms with van der Waals surface area (Å²) in [5, 5.41) is 1.08. The van der Waals surface area contributed by atoms with E-state index in [4.69, 9.17) is 33.9 Å². The van der Waals surface area contributed by atoms with Gasteiger partial charge in [0, 0.05) is 27.8 Å². The van der Waals surface area contributed by atoms with Crippen LogP contribution in [0.2, 0.25) is 10.2 Å². The standard InChI is InChI=1S/C12H6Cl3N3O2S/c13-7-2-1-6-9(21(15,19)20)4-18-12(6)11(7)8-3-17-10(14)5-16-8/h1-5,18H. The maximum absolute atomic E-state index is 11.6. The summed E-state index contributed by atoms with van der Waals surface area (Å²) in [5.41, 5.74) is 1.51. The Morgan fingerprint density at radius 3 is 2.48 bits per heavy atom. The second kappa shape index (κ2) is 5.14. The number of aromatic nitrogens is 3. The fourth-order valence-corrected chi connectivity index (χ4v) is 3.41. The number of benzene rings is 1. The lowest BCUT2D eigenvalue weighted by molar-refractivity contribution is 0.610. The molecule has 2 aromatic heterocycles. The molecule has 0 saturated heterocycles. The summed E-state index contributed by atoms with van der Waals surface area (Å²) in [5.74, 6) is 0. The van der Waals surface area contributed by atoms with Crippen molar-refractivity contribution in [2.75, 3.05) is 0 Å². The Labute approximate surface area is 134 Å². The predicted molar refractivity (Wildman–Crippen MR) is 82.4 cm³/mol. The van der Waals surface area contributed by atoms with Crippen LogP contribution >= 0.6 is 33.9 Å². The predicted octanol–water partition coefficient (Wildman–Crippen LogP) is 3.86. The first-order valence-corrected chi connectivity index (χ1v) is 8.66. The first-order valence-electron chi connectivity index (χ1n) is 5.60.